The van der Waals surface area contributed by atoms with Crippen LogP contribution in [-0.2, 0) is 13.1 Å². The van der Waals surface area contributed by atoms with Gasteiger partial charge in [0.1, 0.15) is 0 Å². The molecule has 0 atom stereocenters. The zero-order chi connectivity index (χ0) is 18.9. The van der Waals surface area contributed by atoms with Crippen LogP contribution in [0.5, 0.6) is 0 Å². The summed E-state index contributed by atoms with van der Waals surface area (Å²) < 4.78 is 3.55. The van der Waals surface area contributed by atoms with E-state index in [0.29, 0.717) is 30.9 Å². The highest BCUT2D eigenvalue weighted by atomic mass is 15.4. The van der Waals surface area contributed by atoms with Crippen LogP contribution in [0.25, 0.3) is 33.3 Å². The van der Waals surface area contributed by atoms with Gasteiger partial charge in [0.15, 0.2) is 5.65 Å². The first kappa shape index (κ1) is 16.5. The van der Waals surface area contributed by atoms with Crippen molar-refractivity contribution >= 4 is 22.1 Å². The van der Waals surface area contributed by atoms with Gasteiger partial charge in [0, 0.05) is 36.1 Å². The second kappa shape index (κ2) is 6.78. The van der Waals surface area contributed by atoms with Crippen molar-refractivity contribution in [3.05, 3.63) is 60.8 Å². The first-order valence-corrected chi connectivity index (χ1v) is 8.92. The van der Waals surface area contributed by atoms with Gasteiger partial charge < -0.3 is 5.73 Å². The van der Waals surface area contributed by atoms with E-state index in [-0.39, 0.29) is 0 Å². The number of fused-ring (bicyclic) bond motifs is 2. The third-order valence-electron chi connectivity index (χ3n) is 4.55. The van der Waals surface area contributed by atoms with E-state index in [1.165, 1.54) is 0 Å². The Balaban J connectivity index is 1.50. The summed E-state index contributed by atoms with van der Waals surface area (Å²) in [5, 5.41) is 14.9. The molecule has 9 nitrogen and oxygen atoms in total. The Labute approximate surface area is 159 Å². The van der Waals surface area contributed by atoms with Gasteiger partial charge in [-0.3, -0.25) is 9.67 Å². The molecule has 1 aromatic carbocycles. The van der Waals surface area contributed by atoms with E-state index in [9.17, 15) is 0 Å². The van der Waals surface area contributed by atoms with E-state index in [4.69, 9.17) is 10.7 Å². The highest BCUT2D eigenvalue weighted by Crippen LogP contribution is 2.19. The molecule has 0 saturated carbocycles. The summed E-state index contributed by atoms with van der Waals surface area (Å²) >= 11 is 0. The molecular weight excluding hydrogens is 354 g/mol. The fourth-order valence-corrected chi connectivity index (χ4v) is 3.16. The van der Waals surface area contributed by atoms with Gasteiger partial charge in [0.05, 0.1) is 31.2 Å². The molecule has 9 heteroatoms. The van der Waals surface area contributed by atoms with Gasteiger partial charge in [0.25, 0.3) is 0 Å². The first-order chi connectivity index (χ1) is 13.8. The molecule has 0 aliphatic rings. The number of hydrogen-bond acceptors (Lipinski definition) is 7. The molecule has 138 valence electrons. The monoisotopic (exact) mass is 371 g/mol. The molecule has 0 amide bonds. The minimum Gasteiger partial charge on any atom is -0.329 e. The Kier molecular flexibility index (Phi) is 3.99. The molecule has 0 aliphatic carbocycles. The Morgan fingerprint density at radius 1 is 1.04 bits per heavy atom. The van der Waals surface area contributed by atoms with E-state index < -0.39 is 0 Å². The molecule has 4 aromatic heterocycles. The average Bonchev–Trinajstić information content (AvgIpc) is 3.35. The molecule has 4 heterocycles. The minimum absolute atomic E-state index is 0.517. The quantitative estimate of drug-likeness (QED) is 0.499. The van der Waals surface area contributed by atoms with Gasteiger partial charge in [-0.1, -0.05) is 17.3 Å². The molecule has 0 bridgehead atoms. The van der Waals surface area contributed by atoms with Crippen LogP contribution >= 0.6 is 0 Å². The molecule has 0 spiro atoms. The zero-order valence-electron chi connectivity index (χ0n) is 15.0. The molecule has 0 radical (unpaired) electrons. The maximum absolute atomic E-state index is 5.58. The molecule has 0 unspecified atom stereocenters. The predicted octanol–water partition coefficient (Wildman–Crippen LogP) is 1.64. The van der Waals surface area contributed by atoms with Crippen LogP contribution in [0.15, 0.2) is 55.2 Å². The molecule has 0 saturated heterocycles. The minimum atomic E-state index is 0.517. The van der Waals surface area contributed by atoms with Crippen LogP contribution in [0.3, 0.4) is 0 Å². The fraction of sp³-hybridized carbons (Fsp3) is 0.158. The van der Waals surface area contributed by atoms with Gasteiger partial charge >= 0.3 is 0 Å². The number of benzene rings is 1. The molecular formula is C19H17N9. The van der Waals surface area contributed by atoms with Gasteiger partial charge in [-0.05, 0) is 23.1 Å². The van der Waals surface area contributed by atoms with Crippen LogP contribution in [-0.4, -0.2) is 46.3 Å². The van der Waals surface area contributed by atoms with Crippen LogP contribution < -0.4 is 5.73 Å². The summed E-state index contributed by atoms with van der Waals surface area (Å²) in [5.41, 5.74) is 9.45. The maximum Gasteiger partial charge on any atom is 0.221 e. The number of rotatable bonds is 5. The number of aromatic nitrogens is 8. The Hall–Kier alpha value is -3.72. The number of hydrogen-bond donors (Lipinski definition) is 1. The Bertz CT molecular complexity index is 1270. The lowest BCUT2D eigenvalue weighted by Crippen LogP contribution is -2.09. The van der Waals surface area contributed by atoms with Crippen molar-refractivity contribution in [2.75, 3.05) is 6.54 Å². The third-order valence-corrected chi connectivity index (χ3v) is 4.55. The fourth-order valence-electron chi connectivity index (χ4n) is 3.16. The van der Waals surface area contributed by atoms with Gasteiger partial charge in [-0.25, -0.2) is 14.6 Å². The highest BCUT2D eigenvalue weighted by Gasteiger charge is 2.12. The summed E-state index contributed by atoms with van der Waals surface area (Å²) in [4.78, 5) is 13.3. The highest BCUT2D eigenvalue weighted by molar-refractivity contribution is 5.82. The van der Waals surface area contributed by atoms with Crippen molar-refractivity contribution in [3.63, 3.8) is 0 Å². The normalized spacial score (nSPS) is 11.5. The van der Waals surface area contributed by atoms with Crippen molar-refractivity contribution < 1.29 is 0 Å². The lowest BCUT2D eigenvalue weighted by molar-refractivity contribution is 0.625. The van der Waals surface area contributed by atoms with Crippen molar-refractivity contribution in [2.24, 2.45) is 5.73 Å². The molecule has 0 aliphatic heterocycles. The van der Waals surface area contributed by atoms with Crippen LogP contribution in [0.1, 0.15) is 5.56 Å². The maximum atomic E-state index is 5.58. The van der Waals surface area contributed by atoms with Crippen molar-refractivity contribution in [1.82, 2.24) is 39.7 Å². The number of nitrogens with zero attached hydrogens (tertiary/aromatic N) is 8. The summed E-state index contributed by atoms with van der Waals surface area (Å²) in [5.74, 6) is 0. The second-order valence-corrected chi connectivity index (χ2v) is 6.49. The van der Waals surface area contributed by atoms with E-state index in [1.54, 1.807) is 28.0 Å². The van der Waals surface area contributed by atoms with Crippen LogP contribution in [0.2, 0.25) is 0 Å². The van der Waals surface area contributed by atoms with E-state index >= 15 is 0 Å². The van der Waals surface area contributed by atoms with Gasteiger partial charge in [0.2, 0.25) is 5.65 Å². The molecule has 0 fully saturated rings. The lowest BCUT2D eigenvalue weighted by Gasteiger charge is -2.05. The van der Waals surface area contributed by atoms with Crippen molar-refractivity contribution in [1.29, 1.82) is 0 Å². The number of nitrogens with two attached hydrogens (primary N) is 1. The van der Waals surface area contributed by atoms with Crippen molar-refractivity contribution in [3.8, 4) is 11.3 Å². The summed E-state index contributed by atoms with van der Waals surface area (Å²) in [7, 11) is 0. The third kappa shape index (κ3) is 2.97. The smallest absolute Gasteiger partial charge is 0.221 e. The SMILES string of the molecule is NCCn1cc(-c2cnc3nnn(Cc4ccc5cnccc5c4)c3n2)cn1. The lowest BCUT2D eigenvalue weighted by atomic mass is 10.1. The van der Waals surface area contributed by atoms with Crippen LogP contribution in [0.4, 0.5) is 0 Å². The van der Waals surface area contributed by atoms with E-state index in [1.807, 2.05) is 18.5 Å². The Morgan fingerprint density at radius 3 is 2.93 bits per heavy atom. The molecule has 5 aromatic rings. The van der Waals surface area contributed by atoms with Gasteiger partial charge in [-0.15, -0.1) is 5.10 Å². The molecule has 28 heavy (non-hydrogen) atoms. The van der Waals surface area contributed by atoms with E-state index in [0.717, 1.165) is 27.6 Å². The van der Waals surface area contributed by atoms with E-state index in [2.05, 4.69) is 43.6 Å². The molecule has 5 rings (SSSR count). The van der Waals surface area contributed by atoms with Gasteiger partial charge in [-0.2, -0.15) is 5.10 Å². The predicted molar refractivity (Wildman–Crippen MR) is 104 cm³/mol. The van der Waals surface area contributed by atoms with Crippen molar-refractivity contribution in [2.45, 2.75) is 13.1 Å². The number of pyridine rings is 1. The van der Waals surface area contributed by atoms with Crippen LogP contribution in [0, 0.1) is 0 Å². The topological polar surface area (TPSA) is 113 Å². The second-order valence-electron chi connectivity index (χ2n) is 6.49. The first-order valence-electron chi connectivity index (χ1n) is 8.92. The summed E-state index contributed by atoms with van der Waals surface area (Å²) in [6.45, 7) is 1.75. The summed E-state index contributed by atoms with van der Waals surface area (Å²) in [6.07, 6.45) is 9.01. The largest absolute Gasteiger partial charge is 0.329 e. The average molecular weight is 371 g/mol. The zero-order valence-corrected chi connectivity index (χ0v) is 15.0. The standard InChI is InChI=1S/C19H17N9/c20-4-6-27-12-16(9-23-27)17-10-22-18-19(24-17)28(26-25-18)11-13-1-2-15-8-21-5-3-14(15)7-13/h1-3,5,7-10,12H,4,6,11,20H2. The Morgan fingerprint density at radius 2 is 2.00 bits per heavy atom. The summed E-state index contributed by atoms with van der Waals surface area (Å²) in [6, 6.07) is 8.24. The molecule has 2 N–H and O–H groups in total.